The molecule has 0 N–H and O–H groups in total. The number of ether oxygens (including phenoxy) is 1. The van der Waals surface area contributed by atoms with Crippen molar-refractivity contribution in [2.45, 2.75) is 18.9 Å². The topological polar surface area (TPSA) is 80.8 Å². The van der Waals surface area contributed by atoms with Gasteiger partial charge in [-0.05, 0) is 18.6 Å². The molecule has 1 aliphatic rings. The Hall–Kier alpha value is -2.02. The summed E-state index contributed by atoms with van der Waals surface area (Å²) < 4.78 is 4.68. The van der Waals surface area contributed by atoms with Gasteiger partial charge < -0.3 is 4.74 Å². The molecule has 1 unspecified atom stereocenters. The summed E-state index contributed by atoms with van der Waals surface area (Å²) in [7, 11) is 1.18. The summed E-state index contributed by atoms with van der Waals surface area (Å²) >= 11 is 3.04. The van der Waals surface area contributed by atoms with Crippen molar-refractivity contribution < 1.29 is 23.9 Å². The molecule has 22 heavy (non-hydrogen) atoms. The molecule has 2 rings (SSSR count). The van der Waals surface area contributed by atoms with Gasteiger partial charge >= 0.3 is 5.97 Å². The van der Waals surface area contributed by atoms with Crippen LogP contribution < -0.4 is 0 Å². The van der Waals surface area contributed by atoms with Crippen LogP contribution >= 0.6 is 15.9 Å². The summed E-state index contributed by atoms with van der Waals surface area (Å²) in [5, 5.41) is 0.156. The highest BCUT2D eigenvalue weighted by atomic mass is 79.9. The van der Waals surface area contributed by atoms with Crippen molar-refractivity contribution in [3.8, 4) is 0 Å². The Labute approximate surface area is 135 Å². The number of amides is 2. The van der Waals surface area contributed by atoms with Crippen LogP contribution in [-0.2, 0) is 14.3 Å². The van der Waals surface area contributed by atoms with Crippen molar-refractivity contribution in [2.75, 3.05) is 12.4 Å². The smallest absolute Gasteiger partial charge is 0.329 e. The maximum absolute atomic E-state index is 12.4. The van der Waals surface area contributed by atoms with Gasteiger partial charge in [0.25, 0.3) is 11.8 Å². The maximum Gasteiger partial charge on any atom is 0.329 e. The van der Waals surface area contributed by atoms with Gasteiger partial charge in [0.05, 0.1) is 23.6 Å². The van der Waals surface area contributed by atoms with Crippen molar-refractivity contribution in [3.05, 3.63) is 35.4 Å². The van der Waals surface area contributed by atoms with Gasteiger partial charge in [-0.25, -0.2) is 4.79 Å². The molecule has 1 atom stereocenters. The van der Waals surface area contributed by atoms with Crippen LogP contribution in [0.5, 0.6) is 0 Å². The number of ketones is 1. The summed E-state index contributed by atoms with van der Waals surface area (Å²) in [5.41, 5.74) is 0.515. The van der Waals surface area contributed by atoms with E-state index >= 15 is 0 Å². The number of carbonyl (C=O) groups excluding carboxylic acids is 4. The number of methoxy groups -OCH3 is 1. The molecule has 0 saturated carbocycles. The van der Waals surface area contributed by atoms with E-state index in [0.717, 1.165) is 4.90 Å². The molecule has 0 radical (unpaired) electrons. The molecule has 0 saturated heterocycles. The molecule has 6 nitrogen and oxygen atoms in total. The number of nitrogens with zero attached hydrogens (tertiary/aromatic N) is 1. The third-order valence-electron chi connectivity index (χ3n) is 3.46. The average molecular weight is 368 g/mol. The lowest BCUT2D eigenvalue weighted by Gasteiger charge is -2.23. The van der Waals surface area contributed by atoms with Gasteiger partial charge in [0, 0.05) is 6.42 Å². The van der Waals surface area contributed by atoms with Gasteiger partial charge in [-0.3, -0.25) is 19.3 Å². The fraction of sp³-hybridized carbons (Fsp3) is 0.333. The summed E-state index contributed by atoms with van der Waals surface area (Å²) in [6.07, 6.45) is 0.112. The van der Waals surface area contributed by atoms with Crippen LogP contribution in [0.3, 0.4) is 0 Å². The standard InChI is InChI=1S/C15H14BrNO5/c1-22-15(21)12(7-6-9(18)8-16)17-13(19)10-4-2-3-5-11(10)14(17)20/h2-5,12H,6-8H2,1H3. The van der Waals surface area contributed by atoms with Gasteiger partial charge in [0.15, 0.2) is 0 Å². The SMILES string of the molecule is COC(=O)C(CCC(=O)CBr)N1C(=O)c2ccccc2C1=O. The predicted molar refractivity (Wildman–Crippen MR) is 80.8 cm³/mol. The van der Waals surface area contributed by atoms with Gasteiger partial charge in [0.2, 0.25) is 0 Å². The molecule has 1 aromatic carbocycles. The van der Waals surface area contributed by atoms with E-state index < -0.39 is 23.8 Å². The minimum absolute atomic E-state index is 0.0442. The lowest BCUT2D eigenvalue weighted by molar-refractivity contribution is -0.145. The molecule has 0 fully saturated rings. The molecular weight excluding hydrogens is 354 g/mol. The molecule has 2 amide bonds. The van der Waals surface area contributed by atoms with Crippen LogP contribution in [0.1, 0.15) is 33.6 Å². The van der Waals surface area contributed by atoms with E-state index in [9.17, 15) is 19.2 Å². The monoisotopic (exact) mass is 367 g/mol. The van der Waals surface area contributed by atoms with E-state index in [1.165, 1.54) is 19.2 Å². The van der Waals surface area contributed by atoms with E-state index in [0.29, 0.717) is 0 Å². The largest absolute Gasteiger partial charge is 0.467 e. The van der Waals surface area contributed by atoms with Crippen molar-refractivity contribution in [1.82, 2.24) is 4.90 Å². The quantitative estimate of drug-likeness (QED) is 0.433. The Bertz CT molecular complexity index is 608. The molecule has 1 aliphatic heterocycles. The molecule has 116 valence electrons. The minimum Gasteiger partial charge on any atom is -0.467 e. The van der Waals surface area contributed by atoms with Crippen LogP contribution in [0.2, 0.25) is 0 Å². The van der Waals surface area contributed by atoms with E-state index in [2.05, 4.69) is 20.7 Å². The molecular formula is C15H14BrNO5. The van der Waals surface area contributed by atoms with Crippen molar-refractivity contribution >= 4 is 39.5 Å². The Morgan fingerprint density at radius 1 is 1.18 bits per heavy atom. The number of Topliss-reactive ketones (excluding diaryl/α,β-unsaturated/α-hetero) is 1. The van der Waals surface area contributed by atoms with Crippen LogP contribution in [0, 0.1) is 0 Å². The Morgan fingerprint density at radius 2 is 1.73 bits per heavy atom. The zero-order valence-electron chi connectivity index (χ0n) is 11.9. The van der Waals surface area contributed by atoms with Crippen molar-refractivity contribution in [2.24, 2.45) is 0 Å². The zero-order chi connectivity index (χ0) is 16.3. The van der Waals surface area contributed by atoms with Crippen LogP contribution in [-0.4, -0.2) is 46.9 Å². The van der Waals surface area contributed by atoms with Crippen molar-refractivity contribution in [3.63, 3.8) is 0 Å². The van der Waals surface area contributed by atoms with Crippen molar-refractivity contribution in [1.29, 1.82) is 0 Å². The predicted octanol–water partition coefficient (Wildman–Crippen LogP) is 1.57. The lowest BCUT2D eigenvalue weighted by Crippen LogP contribution is -2.45. The second-order valence-electron chi connectivity index (χ2n) is 4.78. The third kappa shape index (κ3) is 2.94. The third-order valence-corrected chi connectivity index (χ3v) is 4.08. The van der Waals surface area contributed by atoms with Gasteiger partial charge in [-0.1, -0.05) is 28.1 Å². The molecule has 1 heterocycles. The maximum atomic E-state index is 12.4. The molecule has 1 aromatic rings. The fourth-order valence-corrected chi connectivity index (χ4v) is 2.62. The number of fused-ring (bicyclic) bond motifs is 1. The number of hydrogen-bond acceptors (Lipinski definition) is 5. The highest BCUT2D eigenvalue weighted by Gasteiger charge is 2.43. The van der Waals surface area contributed by atoms with Crippen LogP contribution in [0.25, 0.3) is 0 Å². The molecule has 0 spiro atoms. The lowest BCUT2D eigenvalue weighted by atomic mass is 10.1. The molecule has 7 heteroatoms. The summed E-state index contributed by atoms with van der Waals surface area (Å²) in [5.74, 6) is -1.91. The first-order valence-electron chi connectivity index (χ1n) is 6.63. The van der Waals surface area contributed by atoms with E-state index in [-0.39, 0.29) is 35.1 Å². The minimum atomic E-state index is -1.10. The normalized spacial score (nSPS) is 14.7. The summed E-state index contributed by atoms with van der Waals surface area (Å²) in [4.78, 5) is 49.0. The number of imide groups is 1. The average Bonchev–Trinajstić information content (AvgIpc) is 2.79. The highest BCUT2D eigenvalue weighted by Crippen LogP contribution is 2.26. The summed E-state index contributed by atoms with van der Waals surface area (Å²) in [6, 6.07) is 5.27. The van der Waals surface area contributed by atoms with Crippen LogP contribution in [0.15, 0.2) is 24.3 Å². The number of carbonyl (C=O) groups is 4. The summed E-state index contributed by atoms with van der Waals surface area (Å²) in [6.45, 7) is 0. The number of halogens is 1. The number of alkyl halides is 1. The zero-order valence-corrected chi connectivity index (χ0v) is 13.5. The van der Waals surface area contributed by atoms with Gasteiger partial charge in [0.1, 0.15) is 11.8 Å². The number of hydrogen-bond donors (Lipinski definition) is 0. The Kier molecular flexibility index (Phi) is 5.07. The first kappa shape index (κ1) is 16.4. The molecule has 0 aromatic heterocycles. The first-order chi connectivity index (χ1) is 10.5. The Morgan fingerprint density at radius 3 is 2.18 bits per heavy atom. The van der Waals surface area contributed by atoms with E-state index in [1.54, 1.807) is 12.1 Å². The number of benzene rings is 1. The number of rotatable bonds is 6. The first-order valence-corrected chi connectivity index (χ1v) is 7.75. The van der Waals surface area contributed by atoms with Crippen LogP contribution in [0.4, 0.5) is 0 Å². The second-order valence-corrected chi connectivity index (χ2v) is 5.34. The fourth-order valence-electron chi connectivity index (χ4n) is 2.34. The molecule has 0 aliphatic carbocycles. The van der Waals surface area contributed by atoms with E-state index in [1.807, 2.05) is 0 Å². The number of esters is 1. The highest BCUT2D eigenvalue weighted by molar-refractivity contribution is 9.09. The Balaban J connectivity index is 2.29. The van der Waals surface area contributed by atoms with Gasteiger partial charge in [-0.2, -0.15) is 0 Å². The van der Waals surface area contributed by atoms with E-state index in [4.69, 9.17) is 0 Å². The second kappa shape index (κ2) is 6.83. The molecule has 0 bridgehead atoms. The van der Waals surface area contributed by atoms with Gasteiger partial charge in [-0.15, -0.1) is 0 Å².